The van der Waals surface area contributed by atoms with Crippen LogP contribution < -0.4 is 5.32 Å². The lowest BCUT2D eigenvalue weighted by molar-refractivity contribution is -0.121. The van der Waals surface area contributed by atoms with Gasteiger partial charge < -0.3 is 9.73 Å². The van der Waals surface area contributed by atoms with E-state index < -0.39 is 0 Å². The SMILES string of the molecule is CCC(Br)C(=O)NC(C)c1ccc(C)o1. The van der Waals surface area contributed by atoms with Crippen LogP contribution in [0.1, 0.15) is 37.8 Å². The smallest absolute Gasteiger partial charge is 0.234 e. The van der Waals surface area contributed by atoms with E-state index in [1.54, 1.807) is 0 Å². The van der Waals surface area contributed by atoms with Crippen molar-refractivity contribution in [1.29, 1.82) is 0 Å². The molecule has 1 amide bonds. The largest absolute Gasteiger partial charge is 0.464 e. The van der Waals surface area contributed by atoms with E-state index in [1.165, 1.54) is 0 Å². The Hall–Kier alpha value is -0.770. The average Bonchev–Trinajstić information content (AvgIpc) is 2.63. The van der Waals surface area contributed by atoms with Crippen LogP contribution in [0.25, 0.3) is 0 Å². The van der Waals surface area contributed by atoms with Gasteiger partial charge in [-0.25, -0.2) is 0 Å². The standard InChI is InChI=1S/C11H16BrNO2/c1-4-9(12)11(14)13-8(3)10-6-5-7(2)15-10/h5-6,8-9H,4H2,1-3H3,(H,13,14). The van der Waals surface area contributed by atoms with E-state index in [0.717, 1.165) is 17.9 Å². The molecule has 1 heterocycles. The number of rotatable bonds is 4. The van der Waals surface area contributed by atoms with E-state index in [1.807, 2.05) is 32.9 Å². The molecule has 84 valence electrons. The van der Waals surface area contributed by atoms with Crippen LogP contribution in [-0.4, -0.2) is 10.7 Å². The average molecular weight is 274 g/mol. The molecule has 0 fully saturated rings. The first-order valence-corrected chi connectivity index (χ1v) is 5.97. The molecular formula is C11H16BrNO2. The second-order valence-electron chi connectivity index (χ2n) is 3.55. The normalized spacial score (nSPS) is 14.7. The molecule has 0 aliphatic carbocycles. The van der Waals surface area contributed by atoms with E-state index in [4.69, 9.17) is 4.42 Å². The van der Waals surface area contributed by atoms with Gasteiger partial charge in [0.05, 0.1) is 10.9 Å². The minimum atomic E-state index is -0.129. The lowest BCUT2D eigenvalue weighted by atomic mass is 10.2. The molecule has 3 nitrogen and oxygen atoms in total. The third-order valence-corrected chi connectivity index (χ3v) is 3.25. The van der Waals surface area contributed by atoms with Crippen molar-refractivity contribution >= 4 is 21.8 Å². The van der Waals surface area contributed by atoms with Gasteiger partial charge in [-0.1, -0.05) is 22.9 Å². The Bertz CT molecular complexity index is 335. The van der Waals surface area contributed by atoms with Gasteiger partial charge in [-0.2, -0.15) is 0 Å². The molecule has 0 bridgehead atoms. The summed E-state index contributed by atoms with van der Waals surface area (Å²) in [6.45, 7) is 5.75. The van der Waals surface area contributed by atoms with Gasteiger partial charge in [0, 0.05) is 0 Å². The molecule has 1 N–H and O–H groups in total. The van der Waals surface area contributed by atoms with Gasteiger partial charge in [-0.3, -0.25) is 4.79 Å². The monoisotopic (exact) mass is 273 g/mol. The summed E-state index contributed by atoms with van der Waals surface area (Å²) in [6.07, 6.45) is 0.774. The van der Waals surface area contributed by atoms with Gasteiger partial charge in [-0.15, -0.1) is 0 Å². The fraction of sp³-hybridized carbons (Fsp3) is 0.545. The predicted molar refractivity (Wildman–Crippen MR) is 63.0 cm³/mol. The van der Waals surface area contributed by atoms with E-state index >= 15 is 0 Å². The topological polar surface area (TPSA) is 42.2 Å². The molecule has 0 aliphatic heterocycles. The molecule has 1 rings (SSSR count). The van der Waals surface area contributed by atoms with Gasteiger partial charge in [0.2, 0.25) is 5.91 Å². The predicted octanol–water partition coefficient (Wildman–Crippen LogP) is 2.94. The summed E-state index contributed by atoms with van der Waals surface area (Å²) in [6, 6.07) is 3.69. The van der Waals surface area contributed by atoms with Gasteiger partial charge >= 0.3 is 0 Å². The highest BCUT2D eigenvalue weighted by atomic mass is 79.9. The highest BCUT2D eigenvalue weighted by Gasteiger charge is 2.17. The highest BCUT2D eigenvalue weighted by Crippen LogP contribution is 2.16. The van der Waals surface area contributed by atoms with E-state index in [2.05, 4.69) is 21.2 Å². The van der Waals surface area contributed by atoms with E-state index in [0.29, 0.717) is 0 Å². The van der Waals surface area contributed by atoms with Crippen LogP contribution in [0.5, 0.6) is 0 Å². The lowest BCUT2D eigenvalue weighted by Crippen LogP contribution is -2.32. The van der Waals surface area contributed by atoms with Crippen LogP contribution in [0.3, 0.4) is 0 Å². The fourth-order valence-electron chi connectivity index (χ4n) is 1.25. The van der Waals surface area contributed by atoms with Crippen molar-refractivity contribution in [3.63, 3.8) is 0 Å². The van der Waals surface area contributed by atoms with Gasteiger partial charge in [0.25, 0.3) is 0 Å². The van der Waals surface area contributed by atoms with Gasteiger partial charge in [0.15, 0.2) is 0 Å². The molecule has 2 unspecified atom stereocenters. The zero-order valence-electron chi connectivity index (χ0n) is 9.21. The number of amides is 1. The van der Waals surface area contributed by atoms with Crippen molar-refractivity contribution < 1.29 is 9.21 Å². The molecule has 15 heavy (non-hydrogen) atoms. The Balaban J connectivity index is 2.56. The molecule has 4 heteroatoms. The van der Waals surface area contributed by atoms with Gasteiger partial charge in [-0.05, 0) is 32.4 Å². The number of hydrogen-bond acceptors (Lipinski definition) is 2. The minimum absolute atomic E-state index is 0.000877. The summed E-state index contributed by atoms with van der Waals surface area (Å²) < 4.78 is 5.43. The third kappa shape index (κ3) is 3.38. The lowest BCUT2D eigenvalue weighted by Gasteiger charge is -2.13. The van der Waals surface area contributed by atoms with Crippen LogP contribution in [0, 0.1) is 6.92 Å². The number of aryl methyl sites for hydroxylation is 1. The van der Waals surface area contributed by atoms with Crippen molar-refractivity contribution in [2.45, 2.75) is 38.1 Å². The summed E-state index contributed by atoms with van der Waals surface area (Å²) in [5, 5.41) is 2.88. The molecule has 0 saturated carbocycles. The summed E-state index contributed by atoms with van der Waals surface area (Å²) in [4.78, 5) is 11.4. The fourth-order valence-corrected chi connectivity index (χ4v) is 1.38. The summed E-state index contributed by atoms with van der Waals surface area (Å²) in [5.74, 6) is 1.65. The maximum Gasteiger partial charge on any atom is 0.234 e. The van der Waals surface area contributed by atoms with Crippen molar-refractivity contribution in [1.82, 2.24) is 5.32 Å². The Morgan fingerprint density at radius 2 is 2.27 bits per heavy atom. The second kappa shape index (κ2) is 5.35. The molecule has 2 atom stereocenters. The highest BCUT2D eigenvalue weighted by molar-refractivity contribution is 9.10. The molecule has 0 aromatic carbocycles. The first-order chi connectivity index (χ1) is 7.04. The van der Waals surface area contributed by atoms with Crippen LogP contribution in [0.4, 0.5) is 0 Å². The third-order valence-electron chi connectivity index (χ3n) is 2.19. The Morgan fingerprint density at radius 1 is 1.60 bits per heavy atom. The molecule has 0 aliphatic rings. The summed E-state index contributed by atoms with van der Waals surface area (Å²) in [5.41, 5.74) is 0. The van der Waals surface area contributed by atoms with Crippen molar-refractivity contribution in [2.75, 3.05) is 0 Å². The molecular weight excluding hydrogens is 258 g/mol. The molecule has 1 aromatic heterocycles. The number of carbonyl (C=O) groups is 1. The Kier molecular flexibility index (Phi) is 4.39. The van der Waals surface area contributed by atoms with Gasteiger partial charge in [0.1, 0.15) is 11.5 Å². The van der Waals surface area contributed by atoms with Crippen molar-refractivity contribution in [3.05, 3.63) is 23.7 Å². The maximum atomic E-state index is 11.6. The number of carbonyl (C=O) groups excluding carboxylic acids is 1. The van der Waals surface area contributed by atoms with Crippen molar-refractivity contribution in [3.8, 4) is 0 Å². The maximum absolute atomic E-state index is 11.6. The Labute approximate surface area is 98.4 Å². The second-order valence-corrected chi connectivity index (χ2v) is 4.66. The number of furan rings is 1. The molecule has 1 aromatic rings. The van der Waals surface area contributed by atoms with Crippen molar-refractivity contribution in [2.24, 2.45) is 0 Å². The number of halogens is 1. The van der Waals surface area contributed by atoms with Crippen LogP contribution in [0.2, 0.25) is 0 Å². The van der Waals surface area contributed by atoms with Crippen LogP contribution in [0.15, 0.2) is 16.5 Å². The first-order valence-electron chi connectivity index (χ1n) is 5.05. The molecule has 0 saturated heterocycles. The van der Waals surface area contributed by atoms with E-state index in [-0.39, 0.29) is 16.8 Å². The zero-order chi connectivity index (χ0) is 11.4. The van der Waals surface area contributed by atoms with Crippen LogP contribution in [-0.2, 0) is 4.79 Å². The Morgan fingerprint density at radius 3 is 2.73 bits per heavy atom. The van der Waals surface area contributed by atoms with E-state index in [9.17, 15) is 4.79 Å². The van der Waals surface area contributed by atoms with Crippen LogP contribution >= 0.6 is 15.9 Å². The first kappa shape index (κ1) is 12.3. The summed E-state index contributed by atoms with van der Waals surface area (Å²) in [7, 11) is 0. The number of hydrogen-bond donors (Lipinski definition) is 1. The number of alkyl halides is 1. The zero-order valence-corrected chi connectivity index (χ0v) is 10.8. The number of nitrogens with one attached hydrogen (secondary N) is 1. The quantitative estimate of drug-likeness (QED) is 0.858. The molecule has 0 radical (unpaired) electrons. The summed E-state index contributed by atoms with van der Waals surface area (Å²) >= 11 is 3.31. The molecule has 0 spiro atoms. The minimum Gasteiger partial charge on any atom is -0.464 e.